The fourth-order valence-corrected chi connectivity index (χ4v) is 2.58. The van der Waals surface area contributed by atoms with Crippen LogP contribution in [0.1, 0.15) is 30.1 Å². The van der Waals surface area contributed by atoms with Crippen LogP contribution in [0.5, 0.6) is 11.5 Å². The summed E-state index contributed by atoms with van der Waals surface area (Å²) in [5.74, 6) is 0.103. The lowest BCUT2D eigenvalue weighted by atomic mass is 10.1. The van der Waals surface area contributed by atoms with Crippen LogP contribution in [-0.4, -0.2) is 36.8 Å². The van der Waals surface area contributed by atoms with Crippen LogP contribution in [0.15, 0.2) is 12.1 Å². The number of methoxy groups -OCH3 is 2. The molecule has 0 fully saturated rings. The van der Waals surface area contributed by atoms with E-state index in [1.54, 1.807) is 12.1 Å². The normalized spacial score (nSPS) is 10.6. The number of fused-ring (bicyclic) bond motifs is 1. The molecule has 1 aromatic carbocycles. The molecule has 0 bridgehead atoms. The predicted molar refractivity (Wildman–Crippen MR) is 90.2 cm³/mol. The third-order valence-corrected chi connectivity index (χ3v) is 3.86. The summed E-state index contributed by atoms with van der Waals surface area (Å²) in [6, 6.07) is 3.31. The number of anilines is 1. The first-order valence-electron chi connectivity index (χ1n) is 7.25. The van der Waals surface area contributed by atoms with Crippen LogP contribution in [0.2, 0.25) is 5.02 Å². The summed E-state index contributed by atoms with van der Waals surface area (Å²) < 4.78 is 10.5. The summed E-state index contributed by atoms with van der Waals surface area (Å²) in [6.45, 7) is 2.68. The van der Waals surface area contributed by atoms with Crippen molar-refractivity contribution >= 4 is 34.3 Å². The molecule has 23 heavy (non-hydrogen) atoms. The van der Waals surface area contributed by atoms with E-state index in [0.717, 1.165) is 12.8 Å². The minimum atomic E-state index is -1.13. The van der Waals surface area contributed by atoms with Crippen LogP contribution in [0.25, 0.3) is 10.9 Å². The molecule has 2 N–H and O–H groups in total. The van der Waals surface area contributed by atoms with Crippen molar-refractivity contribution in [2.75, 3.05) is 26.1 Å². The summed E-state index contributed by atoms with van der Waals surface area (Å²) in [4.78, 5) is 16.0. The molecule has 0 saturated carbocycles. The van der Waals surface area contributed by atoms with E-state index in [1.807, 2.05) is 0 Å². The van der Waals surface area contributed by atoms with Crippen molar-refractivity contribution in [3.8, 4) is 11.5 Å². The number of carbonyl (C=O) groups is 1. The van der Waals surface area contributed by atoms with E-state index in [-0.39, 0.29) is 16.4 Å². The highest BCUT2D eigenvalue weighted by atomic mass is 35.5. The Kier molecular flexibility index (Phi) is 5.50. The molecule has 0 aliphatic heterocycles. The summed E-state index contributed by atoms with van der Waals surface area (Å²) in [6.07, 6.45) is 1.89. The molecular formula is C16H19ClN2O4. The largest absolute Gasteiger partial charge is 0.493 e. The molecule has 0 aliphatic rings. The molecule has 0 unspecified atom stereocenters. The number of carboxylic acid groups (broad SMARTS) is 1. The van der Waals surface area contributed by atoms with E-state index in [0.29, 0.717) is 28.9 Å². The fourth-order valence-electron chi connectivity index (χ4n) is 2.26. The fraction of sp³-hybridized carbons (Fsp3) is 0.375. The highest BCUT2D eigenvalue weighted by Gasteiger charge is 2.21. The van der Waals surface area contributed by atoms with Gasteiger partial charge in [0.05, 0.1) is 24.8 Å². The van der Waals surface area contributed by atoms with Crippen molar-refractivity contribution in [1.82, 2.24) is 4.98 Å². The number of rotatable bonds is 7. The highest BCUT2D eigenvalue weighted by molar-refractivity contribution is 6.39. The number of halogens is 1. The maximum absolute atomic E-state index is 11.6. The third-order valence-electron chi connectivity index (χ3n) is 3.46. The third kappa shape index (κ3) is 3.42. The number of nitrogens with zero attached hydrogens (tertiary/aromatic N) is 1. The predicted octanol–water partition coefficient (Wildman–Crippen LogP) is 3.82. The number of nitrogens with one attached hydrogen (secondary N) is 1. The first-order valence-corrected chi connectivity index (χ1v) is 7.63. The smallest absolute Gasteiger partial charge is 0.341 e. The molecular weight excluding hydrogens is 320 g/mol. The number of hydrogen-bond acceptors (Lipinski definition) is 5. The van der Waals surface area contributed by atoms with Crippen molar-refractivity contribution in [1.29, 1.82) is 0 Å². The summed E-state index contributed by atoms with van der Waals surface area (Å²) in [7, 11) is 3.03. The second-order valence-corrected chi connectivity index (χ2v) is 5.34. The molecule has 2 rings (SSSR count). The Morgan fingerprint density at radius 1 is 1.30 bits per heavy atom. The maximum atomic E-state index is 11.6. The van der Waals surface area contributed by atoms with Crippen molar-refractivity contribution in [3.63, 3.8) is 0 Å². The molecule has 0 amide bonds. The van der Waals surface area contributed by atoms with Crippen molar-refractivity contribution in [3.05, 3.63) is 22.7 Å². The molecule has 1 aromatic heterocycles. The van der Waals surface area contributed by atoms with Gasteiger partial charge in [0.15, 0.2) is 11.5 Å². The molecule has 0 aliphatic carbocycles. The average Bonchev–Trinajstić information content (AvgIpc) is 2.53. The highest BCUT2D eigenvalue weighted by Crippen LogP contribution is 2.37. The van der Waals surface area contributed by atoms with Crippen molar-refractivity contribution in [2.24, 2.45) is 0 Å². The minimum absolute atomic E-state index is 0.0394. The van der Waals surface area contributed by atoms with Crippen LogP contribution in [0.3, 0.4) is 0 Å². The van der Waals surface area contributed by atoms with Gasteiger partial charge in [-0.05, 0) is 12.5 Å². The second kappa shape index (κ2) is 7.37. The van der Waals surface area contributed by atoms with Gasteiger partial charge in [0, 0.05) is 18.0 Å². The Morgan fingerprint density at radius 3 is 2.52 bits per heavy atom. The zero-order chi connectivity index (χ0) is 17.0. The molecule has 6 nitrogen and oxygen atoms in total. The number of carboxylic acids is 1. The van der Waals surface area contributed by atoms with Gasteiger partial charge in [-0.2, -0.15) is 0 Å². The van der Waals surface area contributed by atoms with Crippen LogP contribution in [-0.2, 0) is 0 Å². The zero-order valence-electron chi connectivity index (χ0n) is 13.3. The van der Waals surface area contributed by atoms with E-state index in [2.05, 4.69) is 17.2 Å². The van der Waals surface area contributed by atoms with E-state index < -0.39 is 5.97 Å². The average molecular weight is 339 g/mol. The van der Waals surface area contributed by atoms with Gasteiger partial charge < -0.3 is 19.9 Å². The molecule has 1 heterocycles. The molecule has 0 atom stereocenters. The number of aromatic carboxylic acids is 1. The number of hydrogen-bond donors (Lipinski definition) is 2. The Balaban J connectivity index is 2.65. The lowest BCUT2D eigenvalue weighted by Gasteiger charge is -2.14. The molecule has 0 saturated heterocycles. The first-order chi connectivity index (χ1) is 11.0. The molecule has 2 aromatic rings. The Bertz CT molecular complexity index is 734. The van der Waals surface area contributed by atoms with Crippen LogP contribution < -0.4 is 14.8 Å². The zero-order valence-corrected chi connectivity index (χ0v) is 14.0. The van der Waals surface area contributed by atoms with Crippen molar-refractivity contribution in [2.45, 2.75) is 19.8 Å². The van der Waals surface area contributed by atoms with Gasteiger partial charge >= 0.3 is 5.97 Å². The van der Waals surface area contributed by atoms with Crippen molar-refractivity contribution < 1.29 is 19.4 Å². The summed E-state index contributed by atoms with van der Waals surface area (Å²) >= 11 is 6.32. The quantitative estimate of drug-likeness (QED) is 0.747. The maximum Gasteiger partial charge on any atom is 0.341 e. The molecule has 0 spiro atoms. The van der Waals surface area contributed by atoms with E-state index in [9.17, 15) is 9.90 Å². The number of benzene rings is 1. The van der Waals surface area contributed by atoms with Gasteiger partial charge in [0.2, 0.25) is 0 Å². The van der Waals surface area contributed by atoms with Gasteiger partial charge in [-0.3, -0.25) is 0 Å². The SMILES string of the molecule is CCCCNc1nc2cc(OC)c(OC)cc2c(Cl)c1C(=O)O. The summed E-state index contributed by atoms with van der Waals surface area (Å²) in [5.41, 5.74) is 0.499. The topological polar surface area (TPSA) is 80.7 Å². The van der Waals surface area contributed by atoms with Crippen LogP contribution in [0.4, 0.5) is 5.82 Å². The lowest BCUT2D eigenvalue weighted by molar-refractivity contribution is 0.0698. The molecule has 124 valence electrons. The molecule has 0 radical (unpaired) electrons. The standard InChI is InChI=1S/C16H19ClN2O4/c1-4-5-6-18-15-13(16(20)21)14(17)9-7-11(22-2)12(23-3)8-10(9)19-15/h7-8H,4-6H2,1-3H3,(H,18,19)(H,20,21). The van der Waals surface area contributed by atoms with Gasteiger partial charge in [-0.25, -0.2) is 9.78 Å². The van der Waals surface area contributed by atoms with E-state index in [4.69, 9.17) is 21.1 Å². The first kappa shape index (κ1) is 17.1. The second-order valence-electron chi connectivity index (χ2n) is 4.96. The van der Waals surface area contributed by atoms with Gasteiger partial charge in [0.25, 0.3) is 0 Å². The Labute approximate surface area is 139 Å². The number of ether oxygens (including phenoxy) is 2. The van der Waals surface area contributed by atoms with E-state index >= 15 is 0 Å². The van der Waals surface area contributed by atoms with Gasteiger partial charge in [0.1, 0.15) is 11.4 Å². The monoisotopic (exact) mass is 338 g/mol. The summed E-state index contributed by atoms with van der Waals surface area (Å²) in [5, 5.41) is 13.1. The number of pyridine rings is 1. The number of aromatic nitrogens is 1. The lowest BCUT2D eigenvalue weighted by Crippen LogP contribution is -2.11. The number of unbranched alkanes of at least 4 members (excludes halogenated alkanes) is 1. The van der Waals surface area contributed by atoms with Crippen LogP contribution in [0, 0.1) is 0 Å². The Hall–Kier alpha value is -2.21. The minimum Gasteiger partial charge on any atom is -0.493 e. The van der Waals surface area contributed by atoms with E-state index in [1.165, 1.54) is 14.2 Å². The van der Waals surface area contributed by atoms with Gasteiger partial charge in [-0.1, -0.05) is 24.9 Å². The van der Waals surface area contributed by atoms with Crippen LogP contribution >= 0.6 is 11.6 Å². The van der Waals surface area contributed by atoms with Gasteiger partial charge in [-0.15, -0.1) is 0 Å². The Morgan fingerprint density at radius 2 is 1.96 bits per heavy atom. The molecule has 7 heteroatoms.